The lowest BCUT2D eigenvalue weighted by Crippen LogP contribution is -2.46. The minimum Gasteiger partial charge on any atom is -0.469 e. The molecule has 0 aliphatic carbocycles. The summed E-state index contributed by atoms with van der Waals surface area (Å²) < 4.78 is 5.38. The number of aliphatic imine (C=N–C) groups is 1. The van der Waals surface area contributed by atoms with Crippen molar-refractivity contribution in [1.29, 1.82) is 0 Å². The first-order valence-corrected chi connectivity index (χ1v) is 9.47. The Labute approximate surface area is 185 Å². The third-order valence-corrected chi connectivity index (χ3v) is 4.34. The summed E-state index contributed by atoms with van der Waals surface area (Å²) in [5.74, 6) is 1.74. The number of nitrogens with one attached hydrogen (secondary N) is 1. The molecule has 7 heteroatoms. The number of carbonyl (C=O) groups excluding carboxylic acids is 1. The molecule has 1 amide bonds. The second-order valence-electron chi connectivity index (χ2n) is 6.30. The Hall–Kier alpha value is -2.03. The Morgan fingerprint density at radius 1 is 1.11 bits per heavy atom. The van der Waals surface area contributed by atoms with Gasteiger partial charge in [0, 0.05) is 33.1 Å². The molecule has 2 aromatic rings. The molecule has 0 atom stereocenters. The zero-order valence-corrected chi connectivity index (χ0v) is 19.3. The number of benzene rings is 1. The van der Waals surface area contributed by atoms with E-state index in [-0.39, 0.29) is 29.9 Å². The van der Waals surface area contributed by atoms with Crippen LogP contribution in [0.5, 0.6) is 0 Å². The molecule has 28 heavy (non-hydrogen) atoms. The summed E-state index contributed by atoms with van der Waals surface area (Å²) in [7, 11) is 1.89. The van der Waals surface area contributed by atoms with Crippen LogP contribution in [0.1, 0.15) is 25.2 Å². The van der Waals surface area contributed by atoms with Crippen LogP contribution in [0.25, 0.3) is 0 Å². The Kier molecular flexibility index (Phi) is 11.3. The zero-order chi connectivity index (χ0) is 19.5. The first kappa shape index (κ1) is 24.0. The van der Waals surface area contributed by atoms with Crippen molar-refractivity contribution in [2.45, 2.75) is 26.8 Å². The molecular weight excluding hydrogens is 467 g/mol. The van der Waals surface area contributed by atoms with E-state index in [1.54, 1.807) is 6.26 Å². The molecule has 1 N–H and O–H groups in total. The summed E-state index contributed by atoms with van der Waals surface area (Å²) in [5, 5.41) is 3.35. The highest BCUT2D eigenvalue weighted by Gasteiger charge is 2.15. The Bertz CT molecular complexity index is 700. The van der Waals surface area contributed by atoms with E-state index in [2.05, 4.69) is 5.32 Å². The van der Waals surface area contributed by atoms with Crippen molar-refractivity contribution in [3.8, 4) is 0 Å². The number of amides is 1. The lowest BCUT2D eigenvalue weighted by Gasteiger charge is -2.26. The summed E-state index contributed by atoms with van der Waals surface area (Å²) in [6, 6.07) is 13.9. The molecule has 0 aliphatic heterocycles. The second-order valence-corrected chi connectivity index (χ2v) is 6.30. The molecule has 0 saturated heterocycles. The Balaban J connectivity index is 0.00000392. The number of hydrogen-bond donors (Lipinski definition) is 1. The lowest BCUT2D eigenvalue weighted by molar-refractivity contribution is -0.131. The number of halogens is 1. The first-order valence-electron chi connectivity index (χ1n) is 9.47. The maximum atomic E-state index is 12.4. The summed E-state index contributed by atoms with van der Waals surface area (Å²) in [5.41, 5.74) is 1.13. The van der Waals surface area contributed by atoms with Gasteiger partial charge < -0.3 is 19.5 Å². The minimum atomic E-state index is 0. The van der Waals surface area contributed by atoms with Crippen molar-refractivity contribution in [2.75, 3.05) is 33.2 Å². The standard InChI is InChI=1S/C21H30N4O2.HI/c1-4-25(5-2)20(26)17-24(3)21(22-14-13-19-12-9-15-27-19)23-16-18-10-7-6-8-11-18;/h6-12,15H,4-5,13-14,16-17H2,1-3H3,(H,22,23);1H. The number of carbonyl (C=O) groups is 1. The molecule has 0 spiro atoms. The number of guanidine groups is 1. The van der Waals surface area contributed by atoms with Crippen molar-refractivity contribution in [3.63, 3.8) is 0 Å². The van der Waals surface area contributed by atoms with Crippen LogP contribution in [0.3, 0.4) is 0 Å². The molecule has 1 aromatic carbocycles. The average molecular weight is 498 g/mol. The van der Waals surface area contributed by atoms with Gasteiger partial charge in [-0.2, -0.15) is 0 Å². The fourth-order valence-electron chi connectivity index (χ4n) is 2.77. The van der Waals surface area contributed by atoms with E-state index in [9.17, 15) is 4.79 Å². The number of rotatable bonds is 9. The quantitative estimate of drug-likeness (QED) is 0.327. The number of hydrogen-bond acceptors (Lipinski definition) is 3. The normalized spacial score (nSPS) is 10.9. The van der Waals surface area contributed by atoms with Crippen LogP contribution < -0.4 is 5.32 Å². The molecular formula is C21H31IN4O2. The molecule has 0 bridgehead atoms. The number of likely N-dealkylation sites (N-methyl/N-ethyl adjacent to an activating group) is 2. The van der Waals surface area contributed by atoms with Gasteiger partial charge in [-0.3, -0.25) is 4.79 Å². The molecule has 0 fully saturated rings. The van der Waals surface area contributed by atoms with Crippen LogP contribution >= 0.6 is 24.0 Å². The molecule has 0 radical (unpaired) electrons. The third kappa shape index (κ3) is 7.92. The molecule has 6 nitrogen and oxygen atoms in total. The van der Waals surface area contributed by atoms with E-state index in [1.807, 2.05) is 73.2 Å². The van der Waals surface area contributed by atoms with Crippen LogP contribution in [-0.4, -0.2) is 54.9 Å². The van der Waals surface area contributed by atoms with Gasteiger partial charge in [0.25, 0.3) is 0 Å². The van der Waals surface area contributed by atoms with E-state index in [0.29, 0.717) is 38.7 Å². The predicted molar refractivity (Wildman–Crippen MR) is 124 cm³/mol. The largest absolute Gasteiger partial charge is 0.469 e. The minimum absolute atomic E-state index is 0. The highest BCUT2D eigenvalue weighted by Crippen LogP contribution is 2.03. The zero-order valence-electron chi connectivity index (χ0n) is 16.9. The smallest absolute Gasteiger partial charge is 0.242 e. The van der Waals surface area contributed by atoms with Gasteiger partial charge >= 0.3 is 0 Å². The van der Waals surface area contributed by atoms with Gasteiger partial charge in [-0.1, -0.05) is 30.3 Å². The topological polar surface area (TPSA) is 61.1 Å². The van der Waals surface area contributed by atoms with Gasteiger partial charge in [-0.25, -0.2) is 4.99 Å². The van der Waals surface area contributed by atoms with E-state index >= 15 is 0 Å². The predicted octanol–water partition coefficient (Wildman–Crippen LogP) is 3.39. The second kappa shape index (κ2) is 13.2. The van der Waals surface area contributed by atoms with Crippen LogP contribution in [0.2, 0.25) is 0 Å². The monoisotopic (exact) mass is 498 g/mol. The van der Waals surface area contributed by atoms with E-state index < -0.39 is 0 Å². The van der Waals surface area contributed by atoms with Crippen molar-refractivity contribution in [3.05, 3.63) is 60.1 Å². The van der Waals surface area contributed by atoms with Gasteiger partial charge in [0.15, 0.2) is 5.96 Å². The third-order valence-electron chi connectivity index (χ3n) is 4.34. The van der Waals surface area contributed by atoms with Gasteiger partial charge in [0.1, 0.15) is 5.76 Å². The number of furan rings is 1. The van der Waals surface area contributed by atoms with Crippen LogP contribution in [0.15, 0.2) is 58.1 Å². The van der Waals surface area contributed by atoms with Gasteiger partial charge in [-0.15, -0.1) is 24.0 Å². The SMILES string of the molecule is CCN(CC)C(=O)CN(C)C(=NCc1ccccc1)NCCc1ccco1.I. The van der Waals surface area contributed by atoms with Gasteiger partial charge in [0.2, 0.25) is 5.91 Å². The molecule has 0 unspecified atom stereocenters. The molecule has 154 valence electrons. The highest BCUT2D eigenvalue weighted by molar-refractivity contribution is 14.0. The molecule has 1 heterocycles. The molecule has 0 saturated carbocycles. The summed E-state index contributed by atoms with van der Waals surface area (Å²) in [6.45, 7) is 6.96. The van der Waals surface area contributed by atoms with Crippen LogP contribution in [0.4, 0.5) is 0 Å². The molecule has 1 aromatic heterocycles. The van der Waals surface area contributed by atoms with E-state index in [1.165, 1.54) is 0 Å². The highest BCUT2D eigenvalue weighted by atomic mass is 127. The summed E-state index contributed by atoms with van der Waals surface area (Å²) >= 11 is 0. The van der Waals surface area contributed by atoms with Crippen molar-refractivity contribution < 1.29 is 9.21 Å². The van der Waals surface area contributed by atoms with Crippen LogP contribution in [0, 0.1) is 0 Å². The van der Waals surface area contributed by atoms with E-state index in [4.69, 9.17) is 9.41 Å². The molecule has 2 rings (SSSR count). The Morgan fingerprint density at radius 2 is 1.82 bits per heavy atom. The average Bonchev–Trinajstić information content (AvgIpc) is 3.19. The fraction of sp³-hybridized carbons (Fsp3) is 0.429. The van der Waals surface area contributed by atoms with Crippen molar-refractivity contribution in [1.82, 2.24) is 15.1 Å². The summed E-state index contributed by atoms with van der Waals surface area (Å²) in [4.78, 5) is 20.9. The first-order chi connectivity index (χ1) is 13.1. The van der Waals surface area contributed by atoms with Gasteiger partial charge in [-0.05, 0) is 31.5 Å². The van der Waals surface area contributed by atoms with Crippen LogP contribution in [-0.2, 0) is 17.8 Å². The fourth-order valence-corrected chi connectivity index (χ4v) is 2.77. The maximum absolute atomic E-state index is 12.4. The van der Waals surface area contributed by atoms with Crippen molar-refractivity contribution in [2.24, 2.45) is 4.99 Å². The Morgan fingerprint density at radius 3 is 2.43 bits per heavy atom. The van der Waals surface area contributed by atoms with Gasteiger partial charge in [0.05, 0.1) is 19.4 Å². The lowest BCUT2D eigenvalue weighted by atomic mass is 10.2. The maximum Gasteiger partial charge on any atom is 0.242 e. The number of nitrogens with zero attached hydrogens (tertiary/aromatic N) is 3. The summed E-state index contributed by atoms with van der Waals surface area (Å²) in [6.07, 6.45) is 2.43. The van der Waals surface area contributed by atoms with Crippen molar-refractivity contribution >= 4 is 35.8 Å². The van der Waals surface area contributed by atoms with E-state index in [0.717, 1.165) is 17.7 Å². The molecule has 0 aliphatic rings.